The van der Waals surface area contributed by atoms with E-state index in [0.29, 0.717) is 27.6 Å². The van der Waals surface area contributed by atoms with Crippen molar-refractivity contribution in [3.05, 3.63) is 118 Å². The lowest BCUT2D eigenvalue weighted by Gasteiger charge is -2.63. The van der Waals surface area contributed by atoms with E-state index >= 15 is 0 Å². The highest BCUT2D eigenvalue weighted by Crippen LogP contribution is 2.56. The van der Waals surface area contributed by atoms with Crippen LogP contribution >= 0.6 is 22.9 Å². The maximum Gasteiger partial charge on any atom is 0.253 e. The summed E-state index contributed by atoms with van der Waals surface area (Å²) in [7, 11) is 0. The van der Waals surface area contributed by atoms with Crippen molar-refractivity contribution in [1.29, 1.82) is 5.26 Å². The summed E-state index contributed by atoms with van der Waals surface area (Å²) in [5, 5.41) is 26.1. The summed E-state index contributed by atoms with van der Waals surface area (Å²) in [4.78, 5) is 82.5. The first kappa shape index (κ1) is 52.5. The van der Waals surface area contributed by atoms with Gasteiger partial charge in [-0.3, -0.25) is 29.0 Å². The molecular weight excluding hydrogens is 940 g/mol. The van der Waals surface area contributed by atoms with Crippen molar-refractivity contribution < 1.29 is 38.6 Å². The zero-order chi connectivity index (χ0) is 51.6. The number of ether oxygens (including phenoxy) is 2. The SMILES string of the molecule is Cc1ncsc1-c1ccc([C@H](C)CC(=O)[C@@H]2C[C@@H](O)CC2C(=O)C(CC(=O)CNC(=O)c2ccc(Oc3ccc(C(=O)NC4C(C)(C)C(Oc5ccc(C#N)c(Cl)c5)C4(C)C)cn3)cc2)C(C)(C)C)nc1. The van der Waals surface area contributed by atoms with E-state index in [0.717, 1.165) is 21.8 Å². The zero-order valence-electron chi connectivity index (χ0n) is 41.5. The Hall–Kier alpha value is -6.34. The van der Waals surface area contributed by atoms with Gasteiger partial charge in [0.25, 0.3) is 11.8 Å². The van der Waals surface area contributed by atoms with Gasteiger partial charge in [0.1, 0.15) is 35.2 Å². The van der Waals surface area contributed by atoms with Gasteiger partial charge < -0.3 is 25.2 Å². The van der Waals surface area contributed by atoms with Crippen LogP contribution in [0.5, 0.6) is 17.4 Å². The Balaban J connectivity index is 0.884. The van der Waals surface area contributed by atoms with E-state index in [1.807, 2.05) is 80.5 Å². The van der Waals surface area contributed by atoms with E-state index < -0.39 is 46.0 Å². The van der Waals surface area contributed by atoms with Gasteiger partial charge >= 0.3 is 0 Å². The molecule has 2 aromatic carbocycles. The number of nitrogens with one attached hydrogen (secondary N) is 2. The number of pyridine rings is 2. The fraction of sp³-hybridized carbons (Fsp3) is 0.436. The number of hydrogen-bond donors (Lipinski definition) is 3. The van der Waals surface area contributed by atoms with Crippen LogP contribution in [-0.2, 0) is 14.4 Å². The van der Waals surface area contributed by atoms with E-state index in [-0.39, 0.29) is 85.0 Å². The van der Waals surface area contributed by atoms with Crippen LogP contribution in [0.3, 0.4) is 0 Å². The minimum Gasteiger partial charge on any atom is -0.489 e. The van der Waals surface area contributed by atoms with Crippen molar-refractivity contribution in [2.45, 2.75) is 112 Å². The van der Waals surface area contributed by atoms with Crippen LogP contribution in [0.4, 0.5) is 0 Å². The quantitative estimate of drug-likeness (QED) is 0.0749. The molecule has 2 aliphatic rings. The first-order valence-corrected chi connectivity index (χ1v) is 25.1. The smallest absolute Gasteiger partial charge is 0.253 e. The topological polar surface area (TPSA) is 211 Å². The molecule has 0 spiro atoms. The van der Waals surface area contributed by atoms with Crippen LogP contribution in [0.1, 0.15) is 125 Å². The van der Waals surface area contributed by atoms with Crippen molar-refractivity contribution in [1.82, 2.24) is 25.6 Å². The van der Waals surface area contributed by atoms with Gasteiger partial charge in [-0.2, -0.15) is 5.26 Å². The summed E-state index contributed by atoms with van der Waals surface area (Å²) in [6, 6.07) is 20.1. The molecule has 2 aliphatic carbocycles. The third-order valence-corrected chi connectivity index (χ3v) is 15.4. The molecule has 14 nitrogen and oxygen atoms in total. The minimum absolute atomic E-state index is 0.109. The molecular formula is C55H61ClN6O8S. The van der Waals surface area contributed by atoms with E-state index in [9.17, 15) is 34.3 Å². The Labute approximate surface area is 424 Å². The molecule has 0 radical (unpaired) electrons. The lowest BCUT2D eigenvalue weighted by Crippen LogP contribution is -2.74. The number of Topliss-reactive ketones (excluding diaryl/α,β-unsaturated/α-hetero) is 3. The molecule has 3 N–H and O–H groups in total. The molecule has 16 heteroatoms. The van der Waals surface area contributed by atoms with Gasteiger partial charge in [0.05, 0.1) is 44.9 Å². The van der Waals surface area contributed by atoms with Crippen LogP contribution in [0.2, 0.25) is 5.02 Å². The van der Waals surface area contributed by atoms with Gasteiger partial charge in [-0.25, -0.2) is 9.97 Å². The predicted molar refractivity (Wildman–Crippen MR) is 270 cm³/mol. The minimum atomic E-state index is -0.810. The summed E-state index contributed by atoms with van der Waals surface area (Å²) in [5.41, 5.74) is 3.87. The number of hydrogen-bond acceptors (Lipinski definition) is 13. The van der Waals surface area contributed by atoms with Crippen molar-refractivity contribution in [3.63, 3.8) is 0 Å². The highest BCUT2D eigenvalue weighted by atomic mass is 35.5. The van der Waals surface area contributed by atoms with Crippen LogP contribution < -0.4 is 20.1 Å². The summed E-state index contributed by atoms with van der Waals surface area (Å²) < 4.78 is 12.2. The Kier molecular flexibility index (Phi) is 15.6. The van der Waals surface area contributed by atoms with Crippen LogP contribution in [0.25, 0.3) is 10.4 Å². The third-order valence-electron chi connectivity index (χ3n) is 14.2. The number of rotatable bonds is 18. The third kappa shape index (κ3) is 11.7. The maximum absolute atomic E-state index is 14.3. The maximum atomic E-state index is 14.3. The molecule has 2 unspecified atom stereocenters. The zero-order valence-corrected chi connectivity index (χ0v) is 43.1. The fourth-order valence-electron chi connectivity index (χ4n) is 10.5. The number of thiazole rings is 1. The van der Waals surface area contributed by atoms with Gasteiger partial charge in [-0.1, -0.05) is 73.1 Å². The Bertz CT molecular complexity index is 2820. The first-order valence-electron chi connectivity index (χ1n) is 23.8. The number of carbonyl (C=O) groups is 5. The summed E-state index contributed by atoms with van der Waals surface area (Å²) in [6.45, 7) is 17.3. The number of benzene rings is 2. The number of carbonyl (C=O) groups excluding carboxylic acids is 5. The van der Waals surface area contributed by atoms with Crippen molar-refractivity contribution in [3.8, 4) is 33.9 Å². The number of aliphatic hydroxyl groups is 1. The Morgan fingerprint density at radius 3 is 2.14 bits per heavy atom. The van der Waals surface area contributed by atoms with Gasteiger partial charge in [0, 0.05) is 94.7 Å². The molecule has 71 heavy (non-hydrogen) atoms. The van der Waals surface area contributed by atoms with Gasteiger partial charge in [-0.15, -0.1) is 11.3 Å². The lowest BCUT2D eigenvalue weighted by molar-refractivity contribution is -0.164. The monoisotopic (exact) mass is 1000 g/mol. The second-order valence-electron chi connectivity index (χ2n) is 21.2. The van der Waals surface area contributed by atoms with E-state index in [1.165, 1.54) is 6.20 Å². The van der Waals surface area contributed by atoms with Gasteiger partial charge in [0.2, 0.25) is 5.88 Å². The van der Waals surface area contributed by atoms with Crippen molar-refractivity contribution in [2.24, 2.45) is 34.0 Å². The summed E-state index contributed by atoms with van der Waals surface area (Å²) >= 11 is 7.78. The number of amides is 2. The number of aromatic nitrogens is 3. The average Bonchev–Trinajstić information content (AvgIpc) is 3.95. The standard InChI is InChI=1S/C55H61ClN6O8S/c1-30(44-18-13-34(26-58-44)48-31(2)61-29-71-48)20-45(65)40-21-36(63)22-41(40)47(66)42(53(3,4)5)23-37(64)28-60-49(67)32-10-15-38(16-11-32)69-46-19-14-35(27-59-46)50(68)62-51-54(6,7)52(55(51,8)9)70-39-17-12-33(25-57)43(56)24-39/h10-19,24,26-27,29-30,36,40-42,51-52,63H,20-23,28H2,1-9H3,(H,60,67)(H,62,68)/t30-,36-,40-,41?,42?,51?,52?/m1/s1. The Morgan fingerprint density at radius 2 is 1.55 bits per heavy atom. The molecule has 5 aromatic rings. The molecule has 7 rings (SSSR count). The number of aliphatic hydroxyl groups excluding tert-OH is 1. The fourth-order valence-corrected chi connectivity index (χ4v) is 11.5. The Morgan fingerprint density at radius 1 is 0.873 bits per heavy atom. The van der Waals surface area contributed by atoms with Gasteiger partial charge in [0.15, 0.2) is 5.78 Å². The molecule has 0 bridgehead atoms. The van der Waals surface area contributed by atoms with E-state index in [1.54, 1.807) is 77.6 Å². The lowest BCUT2D eigenvalue weighted by atomic mass is 9.49. The van der Waals surface area contributed by atoms with Crippen molar-refractivity contribution >= 4 is 52.1 Å². The normalized spacial score (nSPS) is 20.9. The van der Waals surface area contributed by atoms with Crippen LogP contribution in [0.15, 0.2) is 84.6 Å². The van der Waals surface area contributed by atoms with E-state index in [4.69, 9.17) is 21.1 Å². The molecule has 2 saturated carbocycles. The highest BCUT2D eigenvalue weighted by molar-refractivity contribution is 7.13. The second kappa shape index (κ2) is 21.2. The number of halogens is 1. The first-order chi connectivity index (χ1) is 33.5. The number of nitrogens with zero attached hydrogens (tertiary/aromatic N) is 4. The predicted octanol–water partition coefficient (Wildman–Crippen LogP) is 9.91. The molecule has 3 aromatic heterocycles. The molecule has 0 saturated heterocycles. The summed E-state index contributed by atoms with van der Waals surface area (Å²) in [5.74, 6) is -2.67. The summed E-state index contributed by atoms with van der Waals surface area (Å²) in [6.07, 6.45) is 2.50. The van der Waals surface area contributed by atoms with Gasteiger partial charge in [-0.05, 0) is 73.7 Å². The molecule has 5 atom stereocenters. The molecule has 372 valence electrons. The highest BCUT2D eigenvalue weighted by Gasteiger charge is 2.64. The molecule has 2 amide bonds. The number of nitriles is 1. The van der Waals surface area contributed by atoms with Crippen LogP contribution in [0, 0.1) is 52.3 Å². The second-order valence-corrected chi connectivity index (χ2v) is 22.5. The number of ketones is 3. The molecule has 3 heterocycles. The van der Waals surface area contributed by atoms with Crippen LogP contribution in [-0.4, -0.2) is 74.0 Å². The molecule has 0 aliphatic heterocycles. The number of aryl methyl sites for hydroxylation is 1. The molecule has 2 fully saturated rings. The van der Waals surface area contributed by atoms with Crippen molar-refractivity contribution in [2.75, 3.05) is 6.54 Å². The van der Waals surface area contributed by atoms with E-state index in [2.05, 4.69) is 25.6 Å². The largest absolute Gasteiger partial charge is 0.489 e. The average molecular weight is 1000 g/mol.